The van der Waals surface area contributed by atoms with Gasteiger partial charge in [0.1, 0.15) is 12.4 Å². The number of benzene rings is 2. The SMILES string of the molecule is C#CCOc1cc(CN2CCOCC2)ccc1Oc1ccc(C(=O)CCC)c(C)c1C. The monoisotopic (exact) mass is 421 g/mol. The maximum absolute atomic E-state index is 12.4. The quantitative estimate of drug-likeness (QED) is 0.425. The minimum atomic E-state index is 0.167. The molecule has 1 aliphatic rings. The van der Waals surface area contributed by atoms with Crippen molar-refractivity contribution in [1.29, 1.82) is 0 Å². The lowest BCUT2D eigenvalue weighted by Crippen LogP contribution is -2.35. The fourth-order valence-electron chi connectivity index (χ4n) is 3.67. The lowest BCUT2D eigenvalue weighted by Gasteiger charge is -2.26. The van der Waals surface area contributed by atoms with E-state index in [9.17, 15) is 4.79 Å². The summed E-state index contributed by atoms with van der Waals surface area (Å²) in [6.45, 7) is 10.3. The van der Waals surface area contributed by atoms with E-state index in [1.165, 1.54) is 0 Å². The number of hydrogen-bond donors (Lipinski definition) is 0. The Bertz CT molecular complexity index is 955. The van der Waals surface area contributed by atoms with Crippen molar-refractivity contribution >= 4 is 5.78 Å². The average Bonchev–Trinajstić information content (AvgIpc) is 2.77. The Morgan fingerprint density at radius 3 is 2.55 bits per heavy atom. The summed E-state index contributed by atoms with van der Waals surface area (Å²) in [5.74, 6) is 4.62. The number of morpholine rings is 1. The highest BCUT2D eigenvalue weighted by Gasteiger charge is 2.16. The average molecular weight is 422 g/mol. The van der Waals surface area contributed by atoms with Crippen LogP contribution in [0.4, 0.5) is 0 Å². The van der Waals surface area contributed by atoms with Crippen molar-refractivity contribution in [1.82, 2.24) is 4.90 Å². The van der Waals surface area contributed by atoms with Crippen LogP contribution in [0.1, 0.15) is 46.8 Å². The predicted octanol–water partition coefficient (Wildman–Crippen LogP) is 4.92. The van der Waals surface area contributed by atoms with Gasteiger partial charge in [-0.05, 0) is 61.2 Å². The van der Waals surface area contributed by atoms with Crippen LogP contribution in [0, 0.1) is 26.2 Å². The molecule has 31 heavy (non-hydrogen) atoms. The molecule has 5 heteroatoms. The molecule has 0 spiro atoms. The standard InChI is InChI=1S/C26H31NO4/c1-5-7-23(28)22-9-11-24(20(4)19(22)3)31-25-10-8-21(17-26(25)30-14-6-2)18-27-12-15-29-16-13-27/h2,8-11,17H,5,7,12-16,18H2,1,3-4H3. The van der Waals surface area contributed by atoms with Crippen molar-refractivity contribution in [2.24, 2.45) is 0 Å². The number of nitrogens with zero attached hydrogens (tertiary/aromatic N) is 1. The fourth-order valence-corrected chi connectivity index (χ4v) is 3.67. The molecule has 3 rings (SSSR count). The van der Waals surface area contributed by atoms with Gasteiger partial charge in [-0.3, -0.25) is 9.69 Å². The first-order chi connectivity index (χ1) is 15.0. The Hall–Kier alpha value is -2.81. The first-order valence-corrected chi connectivity index (χ1v) is 10.8. The van der Waals surface area contributed by atoms with Crippen LogP contribution in [0.25, 0.3) is 0 Å². The summed E-state index contributed by atoms with van der Waals surface area (Å²) in [5.41, 5.74) is 3.79. The highest BCUT2D eigenvalue weighted by atomic mass is 16.5. The van der Waals surface area contributed by atoms with E-state index < -0.39 is 0 Å². The van der Waals surface area contributed by atoms with Gasteiger partial charge in [0, 0.05) is 31.6 Å². The van der Waals surface area contributed by atoms with Crippen LogP contribution in [0.15, 0.2) is 30.3 Å². The third kappa shape index (κ3) is 5.88. The van der Waals surface area contributed by atoms with Gasteiger partial charge in [0.05, 0.1) is 13.2 Å². The molecule has 1 saturated heterocycles. The second-order valence-corrected chi connectivity index (χ2v) is 7.80. The summed E-state index contributed by atoms with van der Waals surface area (Å²) in [5, 5.41) is 0. The number of Topliss-reactive ketones (excluding diaryl/α,β-unsaturated/α-hetero) is 1. The molecule has 164 valence electrons. The molecule has 0 aromatic heterocycles. The first kappa shape index (κ1) is 22.9. The van der Waals surface area contributed by atoms with Crippen molar-refractivity contribution in [3.63, 3.8) is 0 Å². The zero-order valence-corrected chi connectivity index (χ0v) is 18.7. The van der Waals surface area contributed by atoms with Gasteiger partial charge in [-0.2, -0.15) is 0 Å². The Labute approximate surface area is 185 Å². The minimum absolute atomic E-state index is 0.167. The van der Waals surface area contributed by atoms with Gasteiger partial charge in [-0.1, -0.05) is 18.9 Å². The summed E-state index contributed by atoms with van der Waals surface area (Å²) >= 11 is 0. The minimum Gasteiger partial charge on any atom is -0.477 e. The maximum atomic E-state index is 12.4. The number of hydrogen-bond acceptors (Lipinski definition) is 5. The van der Waals surface area contributed by atoms with E-state index in [4.69, 9.17) is 20.6 Å². The molecule has 0 aliphatic carbocycles. The Morgan fingerprint density at radius 1 is 1.10 bits per heavy atom. The summed E-state index contributed by atoms with van der Waals surface area (Å²) in [7, 11) is 0. The number of terminal acetylenes is 1. The largest absolute Gasteiger partial charge is 0.477 e. The normalized spacial score (nSPS) is 14.1. The number of carbonyl (C=O) groups excluding carboxylic acids is 1. The van der Waals surface area contributed by atoms with Crippen LogP contribution in [0.3, 0.4) is 0 Å². The fraction of sp³-hybridized carbons (Fsp3) is 0.423. The molecule has 2 aromatic rings. The summed E-state index contributed by atoms with van der Waals surface area (Å²) in [6.07, 6.45) is 6.80. The highest BCUT2D eigenvalue weighted by molar-refractivity contribution is 5.97. The molecule has 0 bridgehead atoms. The zero-order valence-electron chi connectivity index (χ0n) is 18.7. The zero-order chi connectivity index (χ0) is 22.2. The molecule has 0 unspecified atom stereocenters. The molecular formula is C26H31NO4. The number of carbonyl (C=O) groups is 1. The van der Waals surface area contributed by atoms with Crippen molar-refractivity contribution < 1.29 is 19.0 Å². The van der Waals surface area contributed by atoms with Crippen LogP contribution in [-0.4, -0.2) is 43.6 Å². The molecule has 0 radical (unpaired) electrons. The first-order valence-electron chi connectivity index (χ1n) is 10.8. The lowest BCUT2D eigenvalue weighted by atomic mass is 9.97. The van der Waals surface area contributed by atoms with E-state index in [0.29, 0.717) is 23.7 Å². The summed E-state index contributed by atoms with van der Waals surface area (Å²) in [4.78, 5) is 14.7. The van der Waals surface area contributed by atoms with Gasteiger partial charge in [-0.25, -0.2) is 0 Å². The van der Waals surface area contributed by atoms with Gasteiger partial charge in [0.25, 0.3) is 0 Å². The van der Waals surface area contributed by atoms with Gasteiger partial charge in [0.15, 0.2) is 17.3 Å². The Morgan fingerprint density at radius 2 is 1.84 bits per heavy atom. The third-order valence-corrected chi connectivity index (χ3v) is 5.56. The molecule has 0 amide bonds. The number of rotatable bonds is 9. The predicted molar refractivity (Wildman–Crippen MR) is 122 cm³/mol. The Balaban J connectivity index is 1.83. The molecular weight excluding hydrogens is 390 g/mol. The number of ketones is 1. The second kappa shape index (κ2) is 11.0. The molecule has 0 saturated carbocycles. The maximum Gasteiger partial charge on any atom is 0.169 e. The van der Waals surface area contributed by atoms with Crippen LogP contribution in [-0.2, 0) is 11.3 Å². The Kier molecular flexibility index (Phi) is 8.11. The smallest absolute Gasteiger partial charge is 0.169 e. The van der Waals surface area contributed by atoms with Gasteiger partial charge >= 0.3 is 0 Å². The van der Waals surface area contributed by atoms with Crippen LogP contribution >= 0.6 is 0 Å². The van der Waals surface area contributed by atoms with E-state index in [0.717, 1.165) is 61.5 Å². The summed E-state index contributed by atoms with van der Waals surface area (Å²) in [6, 6.07) is 9.67. The second-order valence-electron chi connectivity index (χ2n) is 7.80. The van der Waals surface area contributed by atoms with Gasteiger partial charge < -0.3 is 14.2 Å². The number of ether oxygens (including phenoxy) is 3. The summed E-state index contributed by atoms with van der Waals surface area (Å²) < 4.78 is 17.4. The van der Waals surface area contributed by atoms with E-state index >= 15 is 0 Å². The molecule has 5 nitrogen and oxygen atoms in total. The van der Waals surface area contributed by atoms with E-state index in [1.807, 2.05) is 45.0 Å². The third-order valence-electron chi connectivity index (χ3n) is 5.56. The van der Waals surface area contributed by atoms with Crippen molar-refractivity contribution in [2.45, 2.75) is 40.2 Å². The van der Waals surface area contributed by atoms with E-state index in [2.05, 4.69) is 16.9 Å². The van der Waals surface area contributed by atoms with Crippen LogP contribution < -0.4 is 9.47 Å². The molecule has 1 heterocycles. The van der Waals surface area contributed by atoms with E-state index in [1.54, 1.807) is 0 Å². The van der Waals surface area contributed by atoms with Crippen LogP contribution in [0.2, 0.25) is 0 Å². The molecule has 1 fully saturated rings. The van der Waals surface area contributed by atoms with Crippen LogP contribution in [0.5, 0.6) is 17.2 Å². The van der Waals surface area contributed by atoms with E-state index in [-0.39, 0.29) is 12.4 Å². The van der Waals surface area contributed by atoms with Crippen molar-refractivity contribution in [2.75, 3.05) is 32.9 Å². The molecule has 1 aliphatic heterocycles. The van der Waals surface area contributed by atoms with Gasteiger partial charge in [-0.15, -0.1) is 6.42 Å². The van der Waals surface area contributed by atoms with Gasteiger partial charge in [0.2, 0.25) is 0 Å². The molecule has 0 atom stereocenters. The highest BCUT2D eigenvalue weighted by Crippen LogP contribution is 2.36. The molecule has 2 aromatic carbocycles. The topological polar surface area (TPSA) is 48.0 Å². The van der Waals surface area contributed by atoms with Crippen molar-refractivity contribution in [3.05, 3.63) is 52.6 Å². The molecule has 0 N–H and O–H groups in total. The lowest BCUT2D eigenvalue weighted by molar-refractivity contribution is 0.0341. The van der Waals surface area contributed by atoms with Crippen molar-refractivity contribution in [3.8, 4) is 29.6 Å².